The van der Waals surface area contributed by atoms with Crippen molar-refractivity contribution in [2.24, 2.45) is 7.05 Å². The molecule has 3 aromatic carbocycles. The van der Waals surface area contributed by atoms with E-state index in [1.807, 2.05) is 75.5 Å². The molecule has 3 aromatic heterocycles. The van der Waals surface area contributed by atoms with E-state index in [9.17, 15) is 13.2 Å². The molecule has 0 bridgehead atoms. The Kier molecular flexibility index (Phi) is 6.85. The molecule has 0 spiro atoms. The maximum absolute atomic E-state index is 13.1. The number of aryl methyl sites for hydroxylation is 2. The minimum atomic E-state index is -4.39. The molecule has 1 N–H and O–H groups in total. The molecular weight excluding hydrogens is 543 g/mol. The Labute approximate surface area is 239 Å². The number of hydrogen-bond acceptors (Lipinski definition) is 6. The van der Waals surface area contributed by atoms with E-state index in [0.717, 1.165) is 40.5 Å². The van der Waals surface area contributed by atoms with Crippen LogP contribution in [0, 0.1) is 13.8 Å². The van der Waals surface area contributed by atoms with Crippen molar-refractivity contribution in [2.45, 2.75) is 26.6 Å². The number of anilines is 2. The minimum Gasteiger partial charge on any atom is -0.457 e. The van der Waals surface area contributed by atoms with Crippen LogP contribution >= 0.6 is 0 Å². The van der Waals surface area contributed by atoms with E-state index in [-0.39, 0.29) is 6.54 Å². The number of fused-ring (bicyclic) bond motifs is 1. The number of nitrogens with one attached hydrogen (secondary N) is 1. The largest absolute Gasteiger partial charge is 0.457 e. The van der Waals surface area contributed by atoms with Crippen LogP contribution in [-0.4, -0.2) is 29.3 Å². The number of aromatic nitrogens is 6. The summed E-state index contributed by atoms with van der Waals surface area (Å²) in [6.45, 7) is 4.12. The first-order valence-electron chi connectivity index (χ1n) is 13.2. The third-order valence-electron chi connectivity index (χ3n) is 6.93. The molecule has 42 heavy (non-hydrogen) atoms. The molecular formula is C31H26F3N7O. The molecule has 3 heterocycles. The Balaban J connectivity index is 1.37. The predicted octanol–water partition coefficient (Wildman–Crippen LogP) is 7.45. The number of halogens is 3. The number of alkyl halides is 3. The van der Waals surface area contributed by atoms with Crippen LogP contribution in [0.2, 0.25) is 0 Å². The van der Waals surface area contributed by atoms with E-state index in [2.05, 4.69) is 15.4 Å². The first-order valence-corrected chi connectivity index (χ1v) is 13.2. The van der Waals surface area contributed by atoms with Crippen LogP contribution in [-0.2, 0) is 19.8 Å². The number of benzene rings is 3. The molecule has 11 heteroatoms. The minimum absolute atomic E-state index is 0.279. The molecule has 0 aliphatic carbocycles. The fraction of sp³-hybridized carbons (Fsp3) is 0.161. The second-order valence-electron chi connectivity index (χ2n) is 9.87. The number of hydrogen-bond donors (Lipinski definition) is 1. The summed E-state index contributed by atoms with van der Waals surface area (Å²) in [5.74, 6) is 2.37. The van der Waals surface area contributed by atoms with Gasteiger partial charge in [0.25, 0.3) is 0 Å². The lowest BCUT2D eigenvalue weighted by Crippen LogP contribution is -2.06. The van der Waals surface area contributed by atoms with E-state index >= 15 is 0 Å². The Morgan fingerprint density at radius 2 is 1.55 bits per heavy atom. The van der Waals surface area contributed by atoms with Gasteiger partial charge in [-0.15, -0.1) is 0 Å². The zero-order chi connectivity index (χ0) is 29.4. The number of ether oxygens (including phenoxy) is 1. The summed E-state index contributed by atoms with van der Waals surface area (Å²) in [6, 6.07) is 22.1. The summed E-state index contributed by atoms with van der Waals surface area (Å²) < 4.78 is 48.7. The lowest BCUT2D eigenvalue weighted by Gasteiger charge is -2.12. The third-order valence-corrected chi connectivity index (χ3v) is 6.93. The van der Waals surface area contributed by atoms with E-state index in [1.54, 1.807) is 15.6 Å². The van der Waals surface area contributed by atoms with E-state index in [4.69, 9.17) is 14.7 Å². The maximum Gasteiger partial charge on any atom is 0.416 e. The van der Waals surface area contributed by atoms with Gasteiger partial charge in [-0.05, 0) is 67.9 Å². The standard InChI is InChI=1S/C31H26F3N7O/c1-19-26(20(2)40(3)39-19)28-37-29(36-23-13-15-25(16-14-23)42-24-7-5-4-6-8-24)27-30(38-28)41(18-35-27)17-21-9-11-22(12-10-21)31(32,33)34/h4-16,18H,17H2,1-3H3,(H,36,37,38). The van der Waals surface area contributed by atoms with Gasteiger partial charge in [0.05, 0.1) is 29.7 Å². The highest BCUT2D eigenvalue weighted by Crippen LogP contribution is 2.32. The van der Waals surface area contributed by atoms with E-state index < -0.39 is 11.7 Å². The topological polar surface area (TPSA) is 82.7 Å². The Morgan fingerprint density at radius 1 is 0.857 bits per heavy atom. The second-order valence-corrected chi connectivity index (χ2v) is 9.87. The van der Waals surface area contributed by atoms with Gasteiger partial charge in [-0.3, -0.25) is 4.68 Å². The molecule has 0 aliphatic heterocycles. The first-order chi connectivity index (χ1) is 20.2. The lowest BCUT2D eigenvalue weighted by atomic mass is 10.1. The summed E-state index contributed by atoms with van der Waals surface area (Å²) in [7, 11) is 1.86. The van der Waals surface area contributed by atoms with Crippen LogP contribution in [0.25, 0.3) is 22.6 Å². The van der Waals surface area contributed by atoms with E-state index in [1.165, 1.54) is 12.1 Å². The molecule has 0 saturated heterocycles. The van der Waals surface area contributed by atoms with Crippen LogP contribution in [0.1, 0.15) is 22.5 Å². The Morgan fingerprint density at radius 3 is 2.19 bits per heavy atom. The van der Waals surface area contributed by atoms with Crippen molar-refractivity contribution in [3.05, 3.63) is 108 Å². The second kappa shape index (κ2) is 10.7. The molecule has 212 valence electrons. The number of rotatable bonds is 7. The van der Waals surface area contributed by atoms with Crippen molar-refractivity contribution in [1.82, 2.24) is 29.3 Å². The summed E-state index contributed by atoms with van der Waals surface area (Å²) in [5, 5.41) is 7.88. The molecule has 8 nitrogen and oxygen atoms in total. The number of para-hydroxylation sites is 1. The summed E-state index contributed by atoms with van der Waals surface area (Å²) in [5.41, 5.74) is 4.28. The first kappa shape index (κ1) is 27.0. The molecule has 0 fully saturated rings. The SMILES string of the molecule is Cc1nn(C)c(C)c1-c1nc(Nc2ccc(Oc3ccccc3)cc2)c2ncn(Cc3ccc(C(F)(F)F)cc3)c2n1. The van der Waals surface area contributed by atoms with Crippen LogP contribution < -0.4 is 10.1 Å². The van der Waals surface area contributed by atoms with Gasteiger partial charge in [0.2, 0.25) is 0 Å². The zero-order valence-electron chi connectivity index (χ0n) is 23.0. The van der Waals surface area contributed by atoms with Crippen molar-refractivity contribution >= 4 is 22.7 Å². The normalized spacial score (nSPS) is 11.7. The van der Waals surface area contributed by atoms with Crippen LogP contribution in [0.15, 0.2) is 85.2 Å². The van der Waals surface area contributed by atoms with Crippen molar-refractivity contribution < 1.29 is 17.9 Å². The zero-order valence-corrected chi connectivity index (χ0v) is 23.0. The van der Waals surface area contributed by atoms with Gasteiger partial charge in [-0.2, -0.15) is 18.3 Å². The molecule has 6 aromatic rings. The Bertz CT molecular complexity index is 1860. The monoisotopic (exact) mass is 569 g/mol. The third kappa shape index (κ3) is 5.40. The highest BCUT2D eigenvalue weighted by molar-refractivity contribution is 5.87. The predicted molar refractivity (Wildman–Crippen MR) is 154 cm³/mol. The average Bonchev–Trinajstić information content (AvgIpc) is 3.48. The highest BCUT2D eigenvalue weighted by Gasteiger charge is 2.30. The fourth-order valence-electron chi connectivity index (χ4n) is 4.72. The smallest absolute Gasteiger partial charge is 0.416 e. The molecule has 0 atom stereocenters. The summed E-state index contributed by atoms with van der Waals surface area (Å²) in [6.07, 6.45) is -2.78. The summed E-state index contributed by atoms with van der Waals surface area (Å²) in [4.78, 5) is 14.3. The maximum atomic E-state index is 13.1. The van der Waals surface area contributed by atoms with Gasteiger partial charge in [0.1, 0.15) is 11.5 Å². The van der Waals surface area contributed by atoms with Gasteiger partial charge in [0, 0.05) is 18.4 Å². The van der Waals surface area contributed by atoms with Gasteiger partial charge in [0.15, 0.2) is 22.8 Å². The molecule has 0 radical (unpaired) electrons. The van der Waals surface area contributed by atoms with Crippen LogP contribution in [0.5, 0.6) is 11.5 Å². The Hall–Kier alpha value is -5.19. The number of imidazole rings is 1. The van der Waals surface area contributed by atoms with Crippen molar-refractivity contribution in [3.63, 3.8) is 0 Å². The van der Waals surface area contributed by atoms with Crippen LogP contribution in [0.4, 0.5) is 24.7 Å². The quantitative estimate of drug-likeness (QED) is 0.215. The molecule has 0 aliphatic rings. The van der Waals surface area contributed by atoms with Crippen molar-refractivity contribution in [3.8, 4) is 22.9 Å². The summed E-state index contributed by atoms with van der Waals surface area (Å²) >= 11 is 0. The molecule has 0 amide bonds. The van der Waals surface area contributed by atoms with Gasteiger partial charge in [-0.1, -0.05) is 30.3 Å². The van der Waals surface area contributed by atoms with Gasteiger partial charge >= 0.3 is 6.18 Å². The molecule has 6 rings (SSSR count). The van der Waals surface area contributed by atoms with Crippen LogP contribution in [0.3, 0.4) is 0 Å². The number of nitrogens with zero attached hydrogens (tertiary/aromatic N) is 6. The highest BCUT2D eigenvalue weighted by atomic mass is 19.4. The van der Waals surface area contributed by atoms with Crippen molar-refractivity contribution in [1.29, 1.82) is 0 Å². The molecule has 0 saturated carbocycles. The lowest BCUT2D eigenvalue weighted by molar-refractivity contribution is -0.137. The fourth-order valence-corrected chi connectivity index (χ4v) is 4.72. The average molecular weight is 570 g/mol. The van der Waals surface area contributed by atoms with Gasteiger partial charge in [-0.25, -0.2) is 15.0 Å². The van der Waals surface area contributed by atoms with Crippen molar-refractivity contribution in [2.75, 3.05) is 5.32 Å². The van der Waals surface area contributed by atoms with E-state index in [0.29, 0.717) is 34.1 Å². The van der Waals surface area contributed by atoms with Gasteiger partial charge < -0.3 is 14.6 Å². The molecule has 0 unspecified atom stereocenters.